The van der Waals surface area contributed by atoms with Gasteiger partial charge in [0.15, 0.2) is 0 Å². The Kier molecular flexibility index (Phi) is 8.30. The van der Waals surface area contributed by atoms with Crippen molar-refractivity contribution in [1.29, 1.82) is 0 Å². The number of benzene rings is 1. The molecule has 1 atom stereocenters. The number of halogens is 3. The van der Waals surface area contributed by atoms with Crippen LogP contribution in [0, 0.1) is 0 Å². The summed E-state index contributed by atoms with van der Waals surface area (Å²) in [6.07, 6.45) is 1.61. The van der Waals surface area contributed by atoms with E-state index in [1.165, 1.54) is 23.2 Å². The summed E-state index contributed by atoms with van der Waals surface area (Å²) in [5.74, 6) is -0.493. The normalized spacial score (nSPS) is 13.3. The molecule has 0 saturated carbocycles. The maximum Gasteiger partial charge on any atom is 0.534 e. The van der Waals surface area contributed by atoms with Gasteiger partial charge in [-0.1, -0.05) is 18.2 Å². The van der Waals surface area contributed by atoms with Gasteiger partial charge in [0.1, 0.15) is 11.4 Å². The molecule has 2 rings (SSSR count). The lowest BCUT2D eigenvalue weighted by molar-refractivity contribution is -0.0500. The van der Waals surface area contributed by atoms with Gasteiger partial charge in [0, 0.05) is 24.5 Å². The fraction of sp³-hybridized carbons (Fsp3) is 0.429. The second-order valence-corrected chi connectivity index (χ2v) is 9.64. The lowest BCUT2D eigenvalue weighted by Gasteiger charge is -2.29. The summed E-state index contributed by atoms with van der Waals surface area (Å²) in [5.41, 5.74) is -5.19. The maximum atomic E-state index is 12.6. The molecule has 1 aromatic heterocycles. The molecular formula is C21H25F3N2O6S. The average molecular weight is 491 g/mol. The number of aliphatic hydroxyl groups is 1. The van der Waals surface area contributed by atoms with Crippen LogP contribution in [0.5, 0.6) is 5.75 Å². The fourth-order valence-electron chi connectivity index (χ4n) is 2.62. The predicted octanol–water partition coefficient (Wildman–Crippen LogP) is 3.82. The minimum absolute atomic E-state index is 0.0778. The van der Waals surface area contributed by atoms with E-state index >= 15 is 0 Å². The number of alkyl halides is 3. The molecule has 0 aliphatic rings. The molecule has 0 fully saturated rings. The molecule has 12 heteroatoms. The Labute approximate surface area is 190 Å². The Morgan fingerprint density at radius 3 is 2.30 bits per heavy atom. The van der Waals surface area contributed by atoms with Gasteiger partial charge in [-0.2, -0.15) is 21.6 Å². The molecule has 0 radical (unpaired) electrons. The highest BCUT2D eigenvalue weighted by Crippen LogP contribution is 2.27. The van der Waals surface area contributed by atoms with Gasteiger partial charge in [0.2, 0.25) is 0 Å². The van der Waals surface area contributed by atoms with Gasteiger partial charge >= 0.3 is 21.7 Å². The van der Waals surface area contributed by atoms with Crippen molar-refractivity contribution in [3.8, 4) is 5.75 Å². The van der Waals surface area contributed by atoms with Crippen LogP contribution in [0.2, 0.25) is 0 Å². The number of carbonyl (C=O) groups is 1. The van der Waals surface area contributed by atoms with Crippen LogP contribution >= 0.6 is 0 Å². The van der Waals surface area contributed by atoms with Crippen LogP contribution in [0.25, 0.3) is 0 Å². The molecule has 182 valence electrons. The van der Waals surface area contributed by atoms with Crippen molar-refractivity contribution in [2.75, 3.05) is 13.1 Å². The van der Waals surface area contributed by atoms with Gasteiger partial charge in [0.25, 0.3) is 0 Å². The van der Waals surface area contributed by atoms with Crippen molar-refractivity contribution in [1.82, 2.24) is 9.88 Å². The first-order valence-corrected chi connectivity index (χ1v) is 11.2. The zero-order valence-corrected chi connectivity index (χ0v) is 19.1. The van der Waals surface area contributed by atoms with Crippen LogP contribution < -0.4 is 4.18 Å². The van der Waals surface area contributed by atoms with E-state index in [9.17, 15) is 31.5 Å². The smallest absolute Gasteiger partial charge is 0.444 e. The molecule has 1 amide bonds. The monoisotopic (exact) mass is 490 g/mol. The Balaban J connectivity index is 2.09. The lowest BCUT2D eigenvalue weighted by Crippen LogP contribution is -2.40. The van der Waals surface area contributed by atoms with Crippen molar-refractivity contribution in [3.05, 3.63) is 59.9 Å². The van der Waals surface area contributed by atoms with E-state index in [0.717, 1.165) is 12.1 Å². The van der Waals surface area contributed by atoms with E-state index < -0.39 is 39.2 Å². The molecule has 2 aromatic rings. The van der Waals surface area contributed by atoms with Crippen molar-refractivity contribution in [3.63, 3.8) is 0 Å². The first-order chi connectivity index (χ1) is 15.2. The van der Waals surface area contributed by atoms with Crippen LogP contribution in [0.4, 0.5) is 18.0 Å². The molecule has 1 heterocycles. The van der Waals surface area contributed by atoms with Gasteiger partial charge in [-0.15, -0.1) is 0 Å². The molecule has 0 bridgehead atoms. The minimum atomic E-state index is -5.76. The summed E-state index contributed by atoms with van der Waals surface area (Å²) >= 11 is 0. The van der Waals surface area contributed by atoms with Gasteiger partial charge in [-0.3, -0.25) is 4.98 Å². The topological polar surface area (TPSA) is 106 Å². The number of hydrogen-bond donors (Lipinski definition) is 1. The van der Waals surface area contributed by atoms with Crippen molar-refractivity contribution >= 4 is 16.2 Å². The number of amides is 1. The third-order valence-corrected chi connectivity index (χ3v) is 5.18. The first kappa shape index (κ1) is 26.4. The molecule has 1 N–H and O–H groups in total. The van der Waals surface area contributed by atoms with Crippen molar-refractivity contribution in [2.24, 2.45) is 0 Å². The summed E-state index contributed by atoms with van der Waals surface area (Å²) in [4.78, 5) is 17.9. The van der Waals surface area contributed by atoms with Crippen LogP contribution in [-0.2, 0) is 21.3 Å². The Morgan fingerprint density at radius 2 is 1.79 bits per heavy atom. The van der Waals surface area contributed by atoms with E-state index in [1.54, 1.807) is 39.1 Å². The van der Waals surface area contributed by atoms with Crippen LogP contribution in [0.15, 0.2) is 48.8 Å². The highest BCUT2D eigenvalue weighted by atomic mass is 32.2. The molecule has 0 spiro atoms. The number of carbonyl (C=O) groups excluding carboxylic acids is 1. The van der Waals surface area contributed by atoms with Crippen molar-refractivity contribution < 1.29 is 40.4 Å². The number of hydrogen-bond acceptors (Lipinski definition) is 7. The van der Waals surface area contributed by atoms with Crippen molar-refractivity contribution in [2.45, 2.75) is 44.4 Å². The van der Waals surface area contributed by atoms with Gasteiger partial charge in [0.05, 0.1) is 12.6 Å². The molecule has 0 unspecified atom stereocenters. The molecule has 33 heavy (non-hydrogen) atoms. The molecule has 0 aliphatic carbocycles. The van der Waals surface area contributed by atoms with Gasteiger partial charge in [-0.05, 0) is 51.0 Å². The average Bonchev–Trinajstić information content (AvgIpc) is 2.70. The first-order valence-electron chi connectivity index (χ1n) is 9.83. The number of pyridine rings is 1. The van der Waals surface area contributed by atoms with E-state index in [-0.39, 0.29) is 19.5 Å². The maximum absolute atomic E-state index is 12.6. The molecule has 0 saturated heterocycles. The number of aromatic nitrogens is 1. The van der Waals surface area contributed by atoms with Crippen LogP contribution in [0.3, 0.4) is 0 Å². The summed E-state index contributed by atoms with van der Waals surface area (Å²) in [5, 5.41) is 10.5. The Bertz CT molecular complexity index is 1020. The standard InChI is InChI=1S/C21H25F3N2O6S/c1-20(2,3)31-19(28)26(14-18(27)16-5-4-11-25-13-16)12-10-15-6-8-17(9-7-15)32-33(29,30)21(22,23)24/h4-9,11,13,18,27H,10,12,14H2,1-3H3/t18-/m0/s1. The highest BCUT2D eigenvalue weighted by Gasteiger charge is 2.48. The summed E-state index contributed by atoms with van der Waals surface area (Å²) in [6, 6.07) is 8.25. The SMILES string of the molecule is CC(C)(C)OC(=O)N(CCc1ccc(OS(=O)(=O)C(F)(F)F)cc1)C[C@H](O)c1cccnc1. The highest BCUT2D eigenvalue weighted by molar-refractivity contribution is 7.88. The Morgan fingerprint density at radius 1 is 1.15 bits per heavy atom. The predicted molar refractivity (Wildman–Crippen MR) is 113 cm³/mol. The fourth-order valence-corrected chi connectivity index (χ4v) is 3.08. The molecule has 1 aromatic carbocycles. The molecule has 0 aliphatic heterocycles. The lowest BCUT2D eigenvalue weighted by atomic mass is 10.1. The van der Waals surface area contributed by atoms with E-state index in [1.807, 2.05) is 0 Å². The summed E-state index contributed by atoms with van der Waals surface area (Å²) in [6.45, 7) is 5.15. The van der Waals surface area contributed by atoms with Crippen LogP contribution in [-0.4, -0.2) is 53.7 Å². The number of ether oxygens (including phenoxy) is 1. The zero-order chi connectivity index (χ0) is 24.9. The van der Waals surface area contributed by atoms with Gasteiger partial charge in [-0.25, -0.2) is 4.79 Å². The second kappa shape index (κ2) is 10.4. The largest absolute Gasteiger partial charge is 0.534 e. The molecular weight excluding hydrogens is 465 g/mol. The van der Waals surface area contributed by atoms with E-state index in [2.05, 4.69) is 9.17 Å². The quantitative estimate of drug-likeness (QED) is 0.443. The Hall–Kier alpha value is -2.86. The van der Waals surface area contributed by atoms with E-state index in [0.29, 0.717) is 11.1 Å². The molecule has 8 nitrogen and oxygen atoms in total. The third-order valence-electron chi connectivity index (χ3n) is 4.20. The number of rotatable bonds is 8. The zero-order valence-electron chi connectivity index (χ0n) is 18.2. The number of aliphatic hydroxyl groups excluding tert-OH is 1. The summed E-state index contributed by atoms with van der Waals surface area (Å²) < 4.78 is 69.0. The second-order valence-electron chi connectivity index (χ2n) is 8.11. The third kappa shape index (κ3) is 8.21. The van der Waals surface area contributed by atoms with E-state index in [4.69, 9.17) is 4.74 Å². The summed E-state index contributed by atoms with van der Waals surface area (Å²) in [7, 11) is -5.76. The number of nitrogens with zero attached hydrogens (tertiary/aromatic N) is 2. The van der Waals surface area contributed by atoms with Gasteiger partial charge < -0.3 is 18.9 Å². The minimum Gasteiger partial charge on any atom is -0.444 e. The van der Waals surface area contributed by atoms with Crippen LogP contribution in [0.1, 0.15) is 38.0 Å².